The zero-order chi connectivity index (χ0) is 100. The van der Waals surface area contributed by atoms with Crippen molar-refractivity contribution in [2.45, 2.75) is 216 Å². The third-order valence-corrected chi connectivity index (χ3v) is 25.7. The number of aromatic nitrogens is 1. The number of likely N-dealkylation sites (N-methyl/N-ethyl adjacent to an activating group) is 3. The van der Waals surface area contributed by atoms with E-state index in [-0.39, 0.29) is 81.4 Å². The van der Waals surface area contributed by atoms with Crippen molar-refractivity contribution in [2.24, 2.45) is 17.6 Å². The summed E-state index contributed by atoms with van der Waals surface area (Å²) in [6, 6.07) is 14.4. The van der Waals surface area contributed by atoms with Gasteiger partial charge in [-0.2, -0.15) is 0 Å². The molecule has 16 N–H and O–H groups in total. The number of aliphatic carboxylic acids is 1. The highest BCUT2D eigenvalue weighted by molar-refractivity contribution is 8.00. The molecule has 0 saturated carbocycles. The number of benzene rings is 6. The molecule has 740 valence electrons. The van der Waals surface area contributed by atoms with Crippen LogP contribution in [0.15, 0.2) is 152 Å². The average molecular weight is 1930 g/mol. The average Bonchev–Trinajstić information content (AvgIpc) is 1.73. The van der Waals surface area contributed by atoms with Gasteiger partial charge >= 0.3 is 5.97 Å². The molecule has 0 unspecified atom stereocenters. The summed E-state index contributed by atoms with van der Waals surface area (Å²) < 4.78 is 45.2. The van der Waals surface area contributed by atoms with Gasteiger partial charge in [0.2, 0.25) is 88.6 Å². The van der Waals surface area contributed by atoms with Crippen molar-refractivity contribution in [1.82, 2.24) is 77.3 Å². The molecule has 1 aromatic heterocycles. The summed E-state index contributed by atoms with van der Waals surface area (Å²) in [4.78, 5) is 248. The quantitative estimate of drug-likeness (QED) is 0.0409. The van der Waals surface area contributed by atoms with Gasteiger partial charge in [-0.05, 0) is 120 Å². The zero-order valence-corrected chi connectivity index (χ0v) is 78.8. The minimum absolute atomic E-state index is 0.00730. The van der Waals surface area contributed by atoms with E-state index in [1.54, 1.807) is 112 Å². The van der Waals surface area contributed by atoms with E-state index in [2.05, 4.69) is 52.8 Å². The number of fused-ring (bicyclic) bond motifs is 3. The number of aliphatic hydroxyl groups is 1. The van der Waals surface area contributed by atoms with E-state index in [4.69, 9.17) is 5.73 Å². The van der Waals surface area contributed by atoms with Crippen molar-refractivity contribution in [3.63, 3.8) is 0 Å². The number of primary amides is 1. The molecule has 3 fully saturated rings. The van der Waals surface area contributed by atoms with Gasteiger partial charge in [-0.3, -0.25) is 76.7 Å². The second kappa shape index (κ2) is 49.7. The maximum Gasteiger partial charge on any atom is 0.305 e. The highest BCUT2D eigenvalue weighted by Gasteiger charge is 2.48. The molecule has 0 spiro atoms. The van der Waals surface area contributed by atoms with Crippen LogP contribution < -0.4 is 53.6 Å². The lowest BCUT2D eigenvalue weighted by molar-refractivity contribution is -0.152. The number of para-hydroxylation sites is 1. The number of unbranched alkanes of at least 4 members (excludes halogenated alkanes) is 1. The topological polar surface area (TPSA) is 520 Å². The standard InChI is InChI=1S/C98H121F3N16O20S/c1-9-10-27-77-97(136)117-51-64(120)47-79(117)93(132)109-72(48-83(123)124)90(129)112-85(55(4)5)98(137)114(7)78(44-56-21-13-11-14-22-56)92(131)110-74(42-59-31-35-63(119)36-32-59)95(134)116-37-20-19-28-76(116)91(130)108-71(46-61-49-103-68-26-18-17-25-65(61)68)89(128)107-70(41-58-29-33-62(118)34-30-58)88(127)106-69(38-54(2)3)87(126)111-75(86(125)104-50-81(102)121)52-138-53-82(122)105-73(43-60-39-66(99)84(101)67(100)40-60)94(133)115(8)80(96(135)113(77)6)45-57-23-15-12-16-24-57/h11-18,21-26,29-36,39-40,49,54-55,64,69-80,85,103,118-120H,9-10,19-20,27-28,37-38,41-48,50-53H2,1-8H3,(H2,102,121)(H,104,125)(H,105,122)(H,106,127)(H,107,128)(H,108,130)(H,109,132)(H,110,131)(H,111,126)(H,112,129)(H,123,124)/t64-,69+,70+,71+,72+,73+,74+,75+,76-,77+,78+,79-,80+,85+/m1/s1. The number of nitrogens with two attached hydrogens (primary N) is 1. The number of thioether (sulfide) groups is 1. The van der Waals surface area contributed by atoms with Crippen LogP contribution in [0.2, 0.25) is 0 Å². The van der Waals surface area contributed by atoms with Crippen LogP contribution in [0.25, 0.3) is 10.9 Å². The third-order valence-electron chi connectivity index (χ3n) is 24.7. The molecule has 36 nitrogen and oxygen atoms in total. The smallest absolute Gasteiger partial charge is 0.305 e. The molecular formula is C98H121F3N16O20S. The first kappa shape index (κ1) is 106. The molecule has 15 amide bonds. The van der Waals surface area contributed by atoms with Crippen molar-refractivity contribution in [1.29, 1.82) is 0 Å². The highest BCUT2D eigenvalue weighted by Crippen LogP contribution is 2.29. The maximum atomic E-state index is 15.9. The molecule has 0 bridgehead atoms. The second-order valence-corrected chi connectivity index (χ2v) is 36.9. The number of halogens is 3. The van der Waals surface area contributed by atoms with E-state index in [1.165, 1.54) is 88.4 Å². The lowest BCUT2D eigenvalue weighted by atomic mass is 9.96. The lowest BCUT2D eigenvalue weighted by Crippen LogP contribution is -2.63. The van der Waals surface area contributed by atoms with E-state index in [9.17, 15) is 48.8 Å². The van der Waals surface area contributed by atoms with Gasteiger partial charge < -0.3 is 103 Å². The number of nitrogens with one attached hydrogen (secondary N) is 10. The predicted molar refractivity (Wildman–Crippen MR) is 502 cm³/mol. The molecule has 6 aromatic carbocycles. The molecule has 7 aromatic rings. The molecule has 3 aliphatic heterocycles. The minimum atomic E-state index is -2.04. The third kappa shape index (κ3) is 29.1. The predicted octanol–water partition coefficient (Wildman–Crippen LogP) is 3.17. The van der Waals surface area contributed by atoms with Crippen LogP contribution in [0.5, 0.6) is 11.5 Å². The van der Waals surface area contributed by atoms with Gasteiger partial charge in [0.05, 0.1) is 24.8 Å². The van der Waals surface area contributed by atoms with Crippen LogP contribution in [0, 0.1) is 29.3 Å². The highest BCUT2D eigenvalue weighted by atomic mass is 32.2. The molecule has 10 rings (SSSR count). The number of aromatic hydroxyl groups is 2. The van der Waals surface area contributed by atoms with E-state index in [0.717, 1.165) is 19.6 Å². The first-order chi connectivity index (χ1) is 65.7. The van der Waals surface area contributed by atoms with E-state index in [0.29, 0.717) is 81.9 Å². The Morgan fingerprint density at radius 2 is 1.02 bits per heavy atom. The number of phenols is 2. The van der Waals surface area contributed by atoms with Crippen LogP contribution in [0.3, 0.4) is 0 Å². The number of aromatic amines is 1. The molecule has 14 atom stereocenters. The molecule has 138 heavy (non-hydrogen) atoms. The van der Waals surface area contributed by atoms with E-state index < -0.39 is 252 Å². The number of carbonyl (C=O) groups excluding carboxylic acids is 15. The van der Waals surface area contributed by atoms with Gasteiger partial charge in [0.1, 0.15) is 90.0 Å². The van der Waals surface area contributed by atoms with Gasteiger partial charge in [-0.1, -0.05) is 151 Å². The fourth-order valence-corrected chi connectivity index (χ4v) is 18.0. The number of piperidine rings is 1. The Balaban J connectivity index is 1.07. The van der Waals surface area contributed by atoms with Crippen LogP contribution in [0.1, 0.15) is 126 Å². The molecule has 3 aliphatic rings. The summed E-state index contributed by atoms with van der Waals surface area (Å²) in [6.07, 6.45) is -2.76. The van der Waals surface area contributed by atoms with Gasteiger partial charge in [0, 0.05) is 102 Å². The number of amides is 15. The number of H-pyrrole nitrogens is 1. The molecule has 4 heterocycles. The number of rotatable bonds is 23. The Hall–Kier alpha value is -13.9. The number of carbonyl (C=O) groups is 16. The second-order valence-electron chi connectivity index (χ2n) is 35.9. The Morgan fingerprint density at radius 3 is 1.62 bits per heavy atom. The minimum Gasteiger partial charge on any atom is -0.508 e. The number of carboxylic acid groups (broad SMARTS) is 1. The molecule has 0 aliphatic carbocycles. The van der Waals surface area contributed by atoms with Gasteiger partial charge in [0.15, 0.2) is 17.5 Å². The van der Waals surface area contributed by atoms with Gasteiger partial charge in [0.25, 0.3) is 0 Å². The first-order valence-electron chi connectivity index (χ1n) is 45.9. The fourth-order valence-electron chi connectivity index (χ4n) is 17.2. The van der Waals surface area contributed by atoms with Gasteiger partial charge in [-0.25, -0.2) is 13.2 Å². The summed E-state index contributed by atoms with van der Waals surface area (Å²) in [5, 5.41) is 67.2. The van der Waals surface area contributed by atoms with Crippen LogP contribution >= 0.6 is 11.8 Å². The maximum absolute atomic E-state index is 15.9. The first-order valence-corrected chi connectivity index (χ1v) is 47.0. The van der Waals surface area contributed by atoms with Crippen LogP contribution in [-0.4, -0.2) is 281 Å². The van der Waals surface area contributed by atoms with Crippen molar-refractivity contribution in [3.05, 3.63) is 203 Å². The normalized spacial score (nSPS) is 23.8. The molecule has 3 saturated heterocycles. The lowest BCUT2D eigenvalue weighted by Gasteiger charge is -2.38. The molecular weight excluding hydrogens is 1810 g/mol. The zero-order valence-electron chi connectivity index (χ0n) is 78.0. The van der Waals surface area contributed by atoms with E-state index >= 15 is 61.5 Å². The van der Waals surface area contributed by atoms with Crippen molar-refractivity contribution in [2.75, 3.05) is 52.3 Å². The van der Waals surface area contributed by atoms with Crippen molar-refractivity contribution >= 4 is 117 Å². The monoisotopic (exact) mass is 1930 g/mol. The number of hydrogen-bond donors (Lipinski definition) is 15. The van der Waals surface area contributed by atoms with Crippen LogP contribution in [-0.2, 0) is 115 Å². The number of hydrogen-bond acceptors (Lipinski definition) is 20. The summed E-state index contributed by atoms with van der Waals surface area (Å²) in [7, 11) is 3.67. The number of phenolic OH excluding ortho intramolecular Hbond substituents is 2. The van der Waals surface area contributed by atoms with Crippen molar-refractivity contribution in [3.8, 4) is 11.5 Å². The molecule has 40 heteroatoms. The number of carboxylic acids is 1. The van der Waals surface area contributed by atoms with Crippen molar-refractivity contribution < 1.29 is 110 Å². The summed E-state index contributed by atoms with van der Waals surface area (Å²) in [5.41, 5.74) is 7.88. The SMILES string of the molecule is CCCC[C@H]1C(=O)N2C[C@H](O)C[C@@H]2C(=O)N[C@@H](CC(=O)O)C(=O)N[C@@H](C(C)C)C(=O)N(C)[C@@H](Cc2ccccc2)C(=O)N[C@@H](Cc2ccc(O)cc2)C(=O)N2CCCC[C@@H]2C(=O)N[C@@H](Cc2c[nH]c3ccccc23)C(=O)N[C@@H](Cc2ccc(O)cc2)C(=O)N[C@@H](CC(C)C)C(=O)N[C@H](C(=O)NCC(N)=O)CSCC(=O)N[C@@H](Cc2cc(F)c(F)c(F)c2)C(=O)N(C)[C@@H](Cc2ccccc2)C(=O)N1C. The van der Waals surface area contributed by atoms with E-state index in [1.807, 2.05) is 0 Å². The number of aliphatic hydroxyl groups excluding tert-OH is 1. The van der Waals surface area contributed by atoms with Crippen LogP contribution in [0.4, 0.5) is 13.2 Å². The Labute approximate surface area is 800 Å². The fraction of sp³-hybridized carbons (Fsp3) is 0.449. The van der Waals surface area contributed by atoms with Gasteiger partial charge in [-0.15, -0.1) is 11.8 Å². The Bertz CT molecular complexity index is 5510. The summed E-state index contributed by atoms with van der Waals surface area (Å²) in [5.74, 6) is -24.8. The largest absolute Gasteiger partial charge is 0.508 e. The Morgan fingerprint density at radius 1 is 0.514 bits per heavy atom. The summed E-state index contributed by atoms with van der Waals surface area (Å²) >= 11 is 0.663. The Kier molecular flexibility index (Phi) is 38.2. The number of nitrogens with zero attached hydrogens (tertiary/aromatic N) is 5. The summed E-state index contributed by atoms with van der Waals surface area (Å²) in [6.45, 7) is 6.82. The molecule has 0 radical (unpaired) electrons.